The second-order valence-corrected chi connectivity index (χ2v) is 10.0. The second kappa shape index (κ2) is 17.4. The van der Waals surface area contributed by atoms with Crippen molar-refractivity contribution in [2.24, 2.45) is 0 Å². The molecule has 14 nitrogen and oxygen atoms in total. The predicted octanol–water partition coefficient (Wildman–Crippen LogP) is 1.51. The molecular weight excluding hydrogens is 616 g/mol. The molecular formula is C24H26CaO14S2. The topological polar surface area (TPSA) is 220 Å². The minimum absolute atomic E-state index is 0. The van der Waals surface area contributed by atoms with E-state index in [-0.39, 0.29) is 86.4 Å². The van der Waals surface area contributed by atoms with Gasteiger partial charge in [-0.1, -0.05) is 0 Å². The minimum atomic E-state index is -4.81. The fraction of sp³-hybridized carbons (Fsp3) is 0.333. The van der Waals surface area contributed by atoms with Gasteiger partial charge in [0.15, 0.2) is 0 Å². The van der Waals surface area contributed by atoms with Crippen LogP contribution >= 0.6 is 0 Å². The quantitative estimate of drug-likeness (QED) is 0.155. The van der Waals surface area contributed by atoms with Gasteiger partial charge < -0.3 is 28.1 Å². The first-order valence-corrected chi connectivity index (χ1v) is 14.3. The van der Waals surface area contributed by atoms with E-state index in [9.17, 15) is 45.1 Å². The van der Waals surface area contributed by atoms with Crippen molar-refractivity contribution in [3.8, 4) is 0 Å². The van der Waals surface area contributed by atoms with Crippen LogP contribution in [0.2, 0.25) is 0 Å². The van der Waals surface area contributed by atoms with Gasteiger partial charge in [0.2, 0.25) is 0 Å². The zero-order valence-corrected chi connectivity index (χ0v) is 26.4. The number of carbonyl (C=O) groups is 4. The number of hydrogen-bond acceptors (Lipinski definition) is 14. The van der Waals surface area contributed by atoms with Gasteiger partial charge in [-0.15, -0.1) is 0 Å². The summed E-state index contributed by atoms with van der Waals surface area (Å²) in [7, 11) is -9.62. The molecule has 0 heterocycles. The molecule has 0 saturated heterocycles. The van der Waals surface area contributed by atoms with Crippen LogP contribution in [0.4, 0.5) is 0 Å². The van der Waals surface area contributed by atoms with Crippen LogP contribution in [0, 0.1) is 0 Å². The van der Waals surface area contributed by atoms with Gasteiger partial charge in [-0.3, -0.25) is 0 Å². The van der Waals surface area contributed by atoms with Crippen LogP contribution in [0.25, 0.3) is 0 Å². The molecule has 0 fully saturated rings. The molecule has 0 atom stereocenters. The van der Waals surface area contributed by atoms with Gasteiger partial charge in [-0.25, -0.2) is 36.0 Å². The van der Waals surface area contributed by atoms with Crippen molar-refractivity contribution in [2.75, 3.05) is 26.4 Å². The van der Waals surface area contributed by atoms with E-state index in [2.05, 4.69) is 0 Å². The molecule has 2 aromatic rings. The molecule has 220 valence electrons. The van der Waals surface area contributed by atoms with Gasteiger partial charge in [0.25, 0.3) is 0 Å². The van der Waals surface area contributed by atoms with Crippen molar-refractivity contribution < 1.29 is 64.1 Å². The first-order chi connectivity index (χ1) is 18.6. The molecule has 41 heavy (non-hydrogen) atoms. The van der Waals surface area contributed by atoms with Gasteiger partial charge >= 0.3 is 61.6 Å². The first kappa shape index (κ1) is 38.4. The van der Waals surface area contributed by atoms with Crippen LogP contribution in [0.15, 0.2) is 46.2 Å². The van der Waals surface area contributed by atoms with E-state index in [1.165, 1.54) is 0 Å². The van der Waals surface area contributed by atoms with E-state index in [0.717, 1.165) is 36.4 Å². The summed E-state index contributed by atoms with van der Waals surface area (Å²) in [6.07, 6.45) is 0. The summed E-state index contributed by atoms with van der Waals surface area (Å²) in [4.78, 5) is 45.0. The molecule has 0 aromatic heterocycles. The SMILES string of the molecule is CCOC(=O)c1cc(C(=O)OCC)cc(S(=O)(=O)[O-])c1.CCOC(=O)c1cc(C(=O)OCC)cc(S(=O)(=O)[O-])c1.[Ca+2]. The Morgan fingerprint density at radius 1 is 0.512 bits per heavy atom. The molecule has 0 N–H and O–H groups in total. The fourth-order valence-corrected chi connectivity index (χ4v) is 3.90. The van der Waals surface area contributed by atoms with Gasteiger partial charge in [0.1, 0.15) is 20.2 Å². The summed E-state index contributed by atoms with van der Waals surface area (Å²) >= 11 is 0. The Morgan fingerprint density at radius 3 is 0.854 bits per heavy atom. The third-order valence-electron chi connectivity index (χ3n) is 4.43. The summed E-state index contributed by atoms with van der Waals surface area (Å²) in [5.41, 5.74) is -0.808. The third-order valence-corrected chi connectivity index (χ3v) is 6.06. The van der Waals surface area contributed by atoms with Gasteiger partial charge in [-0.05, 0) is 64.1 Å². The fourth-order valence-electron chi connectivity index (χ4n) is 2.82. The van der Waals surface area contributed by atoms with Crippen molar-refractivity contribution >= 4 is 81.9 Å². The van der Waals surface area contributed by atoms with Crippen molar-refractivity contribution in [1.82, 2.24) is 0 Å². The maximum atomic E-state index is 11.6. The number of hydrogen-bond donors (Lipinski definition) is 0. The van der Waals surface area contributed by atoms with E-state index in [1.807, 2.05) is 0 Å². The summed E-state index contributed by atoms with van der Waals surface area (Å²) in [6, 6.07) is 5.69. The first-order valence-electron chi connectivity index (χ1n) is 11.5. The monoisotopic (exact) mass is 642 g/mol. The van der Waals surface area contributed by atoms with Gasteiger partial charge in [0, 0.05) is 0 Å². The standard InChI is InChI=1S/2C12H14O7S.Ca/c2*1-3-18-11(13)8-5-9(12(14)19-4-2)7-10(6-8)20(15,16)17;/h2*5-7H,3-4H2,1-2H3,(H,15,16,17);/q;;+2/p-2. The van der Waals surface area contributed by atoms with Crippen LogP contribution < -0.4 is 0 Å². The zero-order valence-electron chi connectivity index (χ0n) is 22.5. The maximum absolute atomic E-state index is 11.6. The number of carbonyl (C=O) groups excluding carboxylic acids is 4. The summed E-state index contributed by atoms with van der Waals surface area (Å²) in [5.74, 6) is -3.32. The van der Waals surface area contributed by atoms with Crippen LogP contribution in [-0.4, -0.2) is 114 Å². The molecule has 0 spiro atoms. The molecule has 17 heteroatoms. The van der Waals surface area contributed by atoms with E-state index in [1.54, 1.807) is 27.7 Å². The average Bonchev–Trinajstić information content (AvgIpc) is 2.88. The largest absolute Gasteiger partial charge is 2.00 e. The van der Waals surface area contributed by atoms with Gasteiger partial charge in [-0.2, -0.15) is 0 Å². The molecule has 0 radical (unpaired) electrons. The molecule has 2 rings (SSSR count). The molecule has 0 unspecified atom stereocenters. The number of benzene rings is 2. The molecule has 0 bridgehead atoms. The van der Waals surface area contributed by atoms with Crippen LogP contribution in [0.1, 0.15) is 69.1 Å². The Bertz CT molecular complexity index is 1280. The Kier molecular flexibility index (Phi) is 16.3. The summed E-state index contributed by atoms with van der Waals surface area (Å²) in [6.45, 7) is 6.56. The van der Waals surface area contributed by atoms with E-state index >= 15 is 0 Å². The Morgan fingerprint density at radius 2 is 0.707 bits per heavy atom. The minimum Gasteiger partial charge on any atom is -0.744 e. The van der Waals surface area contributed by atoms with Crippen molar-refractivity contribution in [2.45, 2.75) is 37.5 Å². The zero-order chi connectivity index (χ0) is 30.7. The molecule has 2 aromatic carbocycles. The van der Waals surface area contributed by atoms with Crippen LogP contribution in [-0.2, 0) is 39.2 Å². The summed E-state index contributed by atoms with van der Waals surface area (Å²) < 4.78 is 85.0. The molecule has 0 aliphatic heterocycles. The number of rotatable bonds is 10. The predicted molar refractivity (Wildman–Crippen MR) is 138 cm³/mol. The van der Waals surface area contributed by atoms with Crippen molar-refractivity contribution in [1.29, 1.82) is 0 Å². The average molecular weight is 643 g/mol. The normalized spacial score (nSPS) is 10.7. The maximum Gasteiger partial charge on any atom is 2.00 e. The summed E-state index contributed by atoms with van der Waals surface area (Å²) in [5, 5.41) is 0. The molecule has 0 amide bonds. The smallest absolute Gasteiger partial charge is 0.744 e. The molecule has 0 saturated carbocycles. The third kappa shape index (κ3) is 12.4. The number of ether oxygens (including phenoxy) is 4. The van der Waals surface area contributed by atoms with E-state index in [4.69, 9.17) is 18.9 Å². The Labute approximate surface area is 266 Å². The van der Waals surface area contributed by atoms with Crippen molar-refractivity contribution in [3.05, 3.63) is 58.7 Å². The second-order valence-electron chi connectivity index (χ2n) is 7.28. The Hall–Kier alpha value is -2.60. The molecule has 0 aliphatic carbocycles. The van der Waals surface area contributed by atoms with Gasteiger partial charge in [0.05, 0.1) is 58.5 Å². The van der Waals surface area contributed by atoms with Crippen molar-refractivity contribution in [3.63, 3.8) is 0 Å². The molecule has 0 aliphatic rings. The van der Waals surface area contributed by atoms with Crippen LogP contribution in [0.3, 0.4) is 0 Å². The number of esters is 4. The van der Waals surface area contributed by atoms with E-state index in [0.29, 0.717) is 0 Å². The Balaban J connectivity index is 0.000000762. The van der Waals surface area contributed by atoms with Crippen LogP contribution in [0.5, 0.6) is 0 Å². The van der Waals surface area contributed by atoms with E-state index < -0.39 is 53.9 Å².